The first kappa shape index (κ1) is 35.7. The van der Waals surface area contributed by atoms with Crippen molar-refractivity contribution in [1.29, 1.82) is 0 Å². The molecule has 6 nitrogen and oxygen atoms in total. The molecule has 0 fully saturated rings. The van der Waals surface area contributed by atoms with Crippen molar-refractivity contribution >= 4 is 54.9 Å². The van der Waals surface area contributed by atoms with Crippen molar-refractivity contribution in [2.45, 2.75) is 20.3 Å². The maximum absolute atomic E-state index is 4.86. The van der Waals surface area contributed by atoms with Crippen LogP contribution in [0, 0.1) is 0 Å². The number of hydrogen-bond acceptors (Lipinski definition) is 4. The Morgan fingerprint density at radius 3 is 1.92 bits per heavy atom. The summed E-state index contributed by atoms with van der Waals surface area (Å²) in [4.78, 5) is 18.7. The standard InChI is InChI=1S/C51H34N6.C2H6/c1-2-13-38(40(15-3-1)46-17-6-8-25-54-46)34-19-21-48-42(29-34)44-32-52-27-23-50(44)56(48)36-11-10-12-37(31-36)57-49-22-20-35(30-43(49)45-33-53-28-24-51(45)57)39-14-4-5-16-41(39)47-18-7-9-26-55-47;1-2/h1-7,9-12,14-24,26-33H,8,25H2;1-2H3. The minimum Gasteiger partial charge on any atom is -0.309 e. The number of pyridine rings is 3. The molecule has 11 rings (SSSR count). The van der Waals surface area contributed by atoms with Crippen LogP contribution < -0.4 is 0 Å². The van der Waals surface area contributed by atoms with E-state index in [-0.39, 0.29) is 0 Å². The predicted octanol–water partition coefficient (Wildman–Crippen LogP) is 12.9. The quantitative estimate of drug-likeness (QED) is 0.159. The first-order chi connectivity index (χ1) is 29.3. The van der Waals surface area contributed by atoms with E-state index >= 15 is 0 Å². The molecule has 0 radical (unpaired) electrons. The summed E-state index contributed by atoms with van der Waals surface area (Å²) in [6.07, 6.45) is 23.1. The highest BCUT2D eigenvalue weighted by Gasteiger charge is 2.20. The second kappa shape index (κ2) is 15.4. The fourth-order valence-corrected chi connectivity index (χ4v) is 8.50. The zero-order valence-corrected chi connectivity index (χ0v) is 32.9. The first-order valence-corrected chi connectivity index (χ1v) is 20.2. The van der Waals surface area contributed by atoms with Crippen molar-refractivity contribution in [3.05, 3.63) is 200 Å². The molecule has 0 saturated carbocycles. The number of aromatic nitrogens is 5. The number of nitrogens with zero attached hydrogens (tertiary/aromatic N) is 6. The second-order valence-corrected chi connectivity index (χ2v) is 14.3. The molecule has 0 atom stereocenters. The molecule has 9 aromatic rings. The summed E-state index contributed by atoms with van der Waals surface area (Å²) in [6, 6.07) is 41.1. The molecule has 0 unspecified atom stereocenters. The largest absolute Gasteiger partial charge is 0.309 e. The number of aliphatic imine (C=N–C) groups is 1. The molecule has 0 saturated heterocycles. The Labute approximate surface area is 342 Å². The van der Waals surface area contributed by atoms with Crippen molar-refractivity contribution in [1.82, 2.24) is 24.1 Å². The molecule has 0 amide bonds. The van der Waals surface area contributed by atoms with Crippen LogP contribution in [0.5, 0.6) is 0 Å². The van der Waals surface area contributed by atoms with Gasteiger partial charge in [-0.15, -0.1) is 5.73 Å². The van der Waals surface area contributed by atoms with Crippen molar-refractivity contribution in [3.8, 4) is 33.8 Å². The average Bonchev–Trinajstić information content (AvgIpc) is 3.70. The highest BCUT2D eigenvalue weighted by atomic mass is 15.0. The van der Waals surface area contributed by atoms with Crippen LogP contribution >= 0.6 is 0 Å². The lowest BCUT2D eigenvalue weighted by Gasteiger charge is -2.14. The summed E-state index contributed by atoms with van der Waals surface area (Å²) < 4.78 is 4.71. The van der Waals surface area contributed by atoms with Crippen LogP contribution in [0.2, 0.25) is 0 Å². The molecule has 0 spiro atoms. The van der Waals surface area contributed by atoms with Crippen molar-refractivity contribution in [2.75, 3.05) is 6.54 Å². The van der Waals surface area contributed by atoms with E-state index in [0.717, 1.165) is 113 Å². The monoisotopic (exact) mass is 760 g/mol. The van der Waals surface area contributed by atoms with Crippen LogP contribution in [0.25, 0.3) is 82.9 Å². The number of hydrogen-bond donors (Lipinski definition) is 0. The molecule has 4 aromatic carbocycles. The highest BCUT2D eigenvalue weighted by Crippen LogP contribution is 2.39. The summed E-state index contributed by atoms with van der Waals surface area (Å²) in [5, 5.41) is 4.48. The van der Waals surface area contributed by atoms with E-state index in [2.05, 4.69) is 157 Å². The lowest BCUT2D eigenvalue weighted by atomic mass is 9.93. The average molecular weight is 761 g/mol. The smallest absolute Gasteiger partial charge is 0.0708 e. The molecule has 0 bridgehead atoms. The van der Waals surface area contributed by atoms with Crippen LogP contribution in [0.1, 0.15) is 25.8 Å². The van der Waals surface area contributed by atoms with Gasteiger partial charge in [-0.25, -0.2) is 0 Å². The molecule has 6 heterocycles. The van der Waals surface area contributed by atoms with Gasteiger partial charge in [0.2, 0.25) is 0 Å². The summed E-state index contributed by atoms with van der Waals surface area (Å²) in [5.41, 5.74) is 18.7. The maximum Gasteiger partial charge on any atom is 0.0708 e. The van der Waals surface area contributed by atoms with Gasteiger partial charge in [-0.3, -0.25) is 19.9 Å². The number of dihydropyridines is 1. The van der Waals surface area contributed by atoms with E-state index in [1.54, 1.807) is 0 Å². The first-order valence-electron chi connectivity index (χ1n) is 20.2. The van der Waals surface area contributed by atoms with E-state index in [4.69, 9.17) is 4.99 Å². The molecule has 2 aliphatic rings. The fraction of sp³-hybridized carbons (Fsp3) is 0.0755. The molecule has 6 heteroatoms. The van der Waals surface area contributed by atoms with Crippen molar-refractivity contribution in [3.63, 3.8) is 0 Å². The summed E-state index contributed by atoms with van der Waals surface area (Å²) >= 11 is 0. The van der Waals surface area contributed by atoms with Crippen molar-refractivity contribution in [2.24, 2.45) is 4.99 Å². The summed E-state index contributed by atoms with van der Waals surface area (Å²) in [6.45, 7) is 4.80. The van der Waals surface area contributed by atoms with Gasteiger partial charge in [0.1, 0.15) is 0 Å². The summed E-state index contributed by atoms with van der Waals surface area (Å²) in [5.74, 6) is 0. The molecule has 5 aromatic heterocycles. The van der Waals surface area contributed by atoms with Gasteiger partial charge >= 0.3 is 0 Å². The zero-order chi connectivity index (χ0) is 39.7. The molecular weight excluding hydrogens is 721 g/mol. The Morgan fingerprint density at radius 2 is 1.24 bits per heavy atom. The predicted molar refractivity (Wildman–Crippen MR) is 245 cm³/mol. The van der Waals surface area contributed by atoms with Gasteiger partial charge in [0.05, 0.1) is 33.5 Å². The van der Waals surface area contributed by atoms with Crippen LogP contribution in [-0.2, 0) is 0 Å². The molecule has 59 heavy (non-hydrogen) atoms. The zero-order valence-electron chi connectivity index (χ0n) is 32.9. The van der Waals surface area contributed by atoms with E-state index in [1.807, 2.05) is 69.1 Å². The van der Waals surface area contributed by atoms with Crippen LogP contribution in [0.3, 0.4) is 0 Å². The van der Waals surface area contributed by atoms with Crippen LogP contribution in [0.4, 0.5) is 0 Å². The normalized spacial score (nSPS) is 13.6. The van der Waals surface area contributed by atoms with E-state index in [1.165, 1.54) is 0 Å². The van der Waals surface area contributed by atoms with Gasteiger partial charge < -0.3 is 9.13 Å². The van der Waals surface area contributed by atoms with E-state index < -0.39 is 0 Å². The Bertz CT molecular complexity index is 3270. The lowest BCUT2D eigenvalue weighted by molar-refractivity contribution is 0.994. The molecule has 1 aliphatic heterocycles. The van der Waals surface area contributed by atoms with Crippen molar-refractivity contribution < 1.29 is 0 Å². The number of rotatable bonds is 6. The maximum atomic E-state index is 4.86. The Kier molecular flexibility index (Phi) is 9.30. The highest BCUT2D eigenvalue weighted by molar-refractivity contribution is 6.20. The fourth-order valence-electron chi connectivity index (χ4n) is 8.50. The number of benzene rings is 4. The van der Waals surface area contributed by atoms with Gasteiger partial charge in [-0.1, -0.05) is 86.7 Å². The SMILES string of the molecule is C1=CC=CC=C(C2=NCCC=C2)C=1c1ccc2c(c1)c1cnccc1n2-c1cccc(-n2c3ccncc3c3cc(-c4ccccc4-c4ccccn4)ccc32)c1.CC. The van der Waals surface area contributed by atoms with Gasteiger partial charge in [0, 0.05) is 87.2 Å². The minimum absolute atomic E-state index is 0.800. The van der Waals surface area contributed by atoms with Crippen LogP contribution in [-0.4, -0.2) is 36.3 Å². The Morgan fingerprint density at radius 1 is 0.576 bits per heavy atom. The van der Waals surface area contributed by atoms with Gasteiger partial charge in [0.15, 0.2) is 0 Å². The third-order valence-electron chi connectivity index (χ3n) is 11.0. The van der Waals surface area contributed by atoms with E-state index in [0.29, 0.717) is 0 Å². The number of allylic oxidation sites excluding steroid dienone is 6. The van der Waals surface area contributed by atoms with Gasteiger partial charge in [-0.2, -0.15) is 0 Å². The Balaban J connectivity index is 0.00000207. The third kappa shape index (κ3) is 6.24. The molecule has 282 valence electrons. The Hall–Kier alpha value is -7.66. The molecule has 0 N–H and O–H groups in total. The summed E-state index contributed by atoms with van der Waals surface area (Å²) in [7, 11) is 0. The third-order valence-corrected chi connectivity index (χ3v) is 11.0. The molecule has 1 aliphatic carbocycles. The van der Waals surface area contributed by atoms with E-state index in [9.17, 15) is 0 Å². The van der Waals surface area contributed by atoms with Gasteiger partial charge in [-0.05, 0) is 102 Å². The minimum atomic E-state index is 0.800. The van der Waals surface area contributed by atoms with Crippen LogP contribution in [0.15, 0.2) is 199 Å². The lowest BCUT2D eigenvalue weighted by Crippen LogP contribution is -2.06. The van der Waals surface area contributed by atoms with Gasteiger partial charge in [0.25, 0.3) is 0 Å². The molecular formula is C53H40N6. The second-order valence-electron chi connectivity index (χ2n) is 14.3. The topological polar surface area (TPSA) is 60.9 Å². The number of fused-ring (bicyclic) bond motifs is 6.